The Labute approximate surface area is 105 Å². The Kier molecular flexibility index (Phi) is 8.17. The molecule has 0 saturated carbocycles. The van der Waals surface area contributed by atoms with Crippen LogP contribution >= 0.6 is 0 Å². The van der Waals surface area contributed by atoms with Crippen molar-refractivity contribution in [3.8, 4) is 0 Å². The molecule has 0 saturated heterocycles. The Morgan fingerprint density at radius 1 is 1.35 bits per heavy atom. The van der Waals surface area contributed by atoms with Gasteiger partial charge in [-0.2, -0.15) is 0 Å². The molecule has 0 spiro atoms. The van der Waals surface area contributed by atoms with Crippen molar-refractivity contribution in [2.24, 2.45) is 11.7 Å². The Hall–Kier alpha value is -0.610. The summed E-state index contributed by atoms with van der Waals surface area (Å²) < 4.78 is 0. The van der Waals surface area contributed by atoms with Crippen LogP contribution in [-0.2, 0) is 4.79 Å². The second kappa shape index (κ2) is 8.48. The maximum absolute atomic E-state index is 11.5. The van der Waals surface area contributed by atoms with Crippen molar-refractivity contribution in [2.45, 2.75) is 58.5 Å². The Balaban J connectivity index is 3.68. The summed E-state index contributed by atoms with van der Waals surface area (Å²) in [4.78, 5) is 11.5. The average Bonchev–Trinajstić information content (AvgIpc) is 2.20. The summed E-state index contributed by atoms with van der Waals surface area (Å²) in [5.41, 5.74) is 4.57. The SMILES string of the molecule is CC(C)CC(C)(O)CNC(=O)CCCCCN. The molecule has 17 heavy (non-hydrogen) atoms. The summed E-state index contributed by atoms with van der Waals surface area (Å²) in [6, 6.07) is 0. The predicted octanol–water partition coefficient (Wildman–Crippen LogP) is 1.42. The molecule has 0 radical (unpaired) electrons. The number of aliphatic hydroxyl groups is 1. The lowest BCUT2D eigenvalue weighted by molar-refractivity contribution is -0.122. The van der Waals surface area contributed by atoms with Crippen molar-refractivity contribution < 1.29 is 9.90 Å². The number of rotatable bonds is 9. The quantitative estimate of drug-likeness (QED) is 0.537. The number of nitrogens with one attached hydrogen (secondary N) is 1. The maximum Gasteiger partial charge on any atom is 0.220 e. The molecule has 0 fully saturated rings. The number of unbranched alkanes of at least 4 members (excludes halogenated alkanes) is 2. The van der Waals surface area contributed by atoms with Gasteiger partial charge in [0, 0.05) is 13.0 Å². The average molecular weight is 244 g/mol. The minimum atomic E-state index is -0.804. The molecule has 1 atom stereocenters. The van der Waals surface area contributed by atoms with Crippen LogP contribution in [0.4, 0.5) is 0 Å². The lowest BCUT2D eigenvalue weighted by Gasteiger charge is -2.25. The van der Waals surface area contributed by atoms with Crippen molar-refractivity contribution in [3.63, 3.8) is 0 Å². The fraction of sp³-hybridized carbons (Fsp3) is 0.923. The van der Waals surface area contributed by atoms with Crippen LogP contribution < -0.4 is 11.1 Å². The number of amides is 1. The third kappa shape index (κ3) is 10.3. The molecular formula is C13H28N2O2. The molecule has 0 aliphatic carbocycles. The zero-order chi connectivity index (χ0) is 13.3. The van der Waals surface area contributed by atoms with Crippen LogP contribution in [-0.4, -0.2) is 29.7 Å². The molecule has 1 amide bonds. The molecule has 1 unspecified atom stereocenters. The van der Waals surface area contributed by atoms with E-state index in [0.29, 0.717) is 31.8 Å². The highest BCUT2D eigenvalue weighted by Crippen LogP contribution is 2.15. The van der Waals surface area contributed by atoms with E-state index in [9.17, 15) is 9.90 Å². The molecule has 0 aromatic rings. The van der Waals surface area contributed by atoms with Gasteiger partial charge in [0.15, 0.2) is 0 Å². The normalized spacial score (nSPS) is 14.7. The van der Waals surface area contributed by atoms with E-state index >= 15 is 0 Å². The fourth-order valence-electron chi connectivity index (χ4n) is 1.94. The topological polar surface area (TPSA) is 75.3 Å². The van der Waals surface area contributed by atoms with E-state index < -0.39 is 5.60 Å². The van der Waals surface area contributed by atoms with E-state index in [2.05, 4.69) is 19.2 Å². The zero-order valence-electron chi connectivity index (χ0n) is 11.5. The Morgan fingerprint density at radius 3 is 2.53 bits per heavy atom. The number of hydrogen-bond donors (Lipinski definition) is 3. The number of carbonyl (C=O) groups excluding carboxylic acids is 1. The number of hydrogen-bond acceptors (Lipinski definition) is 3. The minimum absolute atomic E-state index is 0.0195. The summed E-state index contributed by atoms with van der Waals surface area (Å²) in [7, 11) is 0. The van der Waals surface area contributed by atoms with Gasteiger partial charge in [-0.05, 0) is 38.6 Å². The fourth-order valence-corrected chi connectivity index (χ4v) is 1.94. The first-order chi connectivity index (χ1) is 7.87. The van der Waals surface area contributed by atoms with Crippen LogP contribution in [0.3, 0.4) is 0 Å². The molecule has 4 heteroatoms. The standard InChI is InChI=1S/C13H28N2O2/c1-11(2)9-13(3,17)10-15-12(16)7-5-4-6-8-14/h11,17H,4-10,14H2,1-3H3,(H,15,16). The van der Waals surface area contributed by atoms with Gasteiger partial charge in [0.05, 0.1) is 5.60 Å². The molecule has 0 heterocycles. The molecule has 0 rings (SSSR count). The first kappa shape index (κ1) is 16.4. The predicted molar refractivity (Wildman–Crippen MR) is 70.6 cm³/mol. The largest absolute Gasteiger partial charge is 0.388 e. The molecule has 0 aromatic carbocycles. The van der Waals surface area contributed by atoms with Crippen LogP contribution in [0.5, 0.6) is 0 Å². The van der Waals surface area contributed by atoms with Crippen molar-refractivity contribution in [3.05, 3.63) is 0 Å². The Morgan fingerprint density at radius 2 is 2.00 bits per heavy atom. The molecule has 4 nitrogen and oxygen atoms in total. The number of carbonyl (C=O) groups is 1. The van der Waals surface area contributed by atoms with E-state index in [1.54, 1.807) is 6.92 Å². The smallest absolute Gasteiger partial charge is 0.220 e. The summed E-state index contributed by atoms with van der Waals surface area (Å²) in [5, 5.41) is 12.8. The van der Waals surface area contributed by atoms with Gasteiger partial charge in [0.25, 0.3) is 0 Å². The first-order valence-electron chi connectivity index (χ1n) is 6.56. The van der Waals surface area contributed by atoms with Gasteiger partial charge in [-0.15, -0.1) is 0 Å². The third-order valence-corrected chi connectivity index (χ3v) is 2.62. The minimum Gasteiger partial charge on any atom is -0.388 e. The van der Waals surface area contributed by atoms with E-state index in [1.807, 2.05) is 0 Å². The summed E-state index contributed by atoms with van der Waals surface area (Å²) in [5.74, 6) is 0.442. The lowest BCUT2D eigenvalue weighted by Crippen LogP contribution is -2.41. The first-order valence-corrected chi connectivity index (χ1v) is 6.56. The monoisotopic (exact) mass is 244 g/mol. The van der Waals surface area contributed by atoms with Crippen LogP contribution in [0.15, 0.2) is 0 Å². The zero-order valence-corrected chi connectivity index (χ0v) is 11.5. The Bertz CT molecular complexity index is 215. The van der Waals surface area contributed by atoms with Gasteiger partial charge in [-0.25, -0.2) is 0 Å². The van der Waals surface area contributed by atoms with Crippen LogP contribution in [0.25, 0.3) is 0 Å². The van der Waals surface area contributed by atoms with Gasteiger partial charge < -0.3 is 16.2 Å². The number of nitrogens with two attached hydrogens (primary N) is 1. The molecule has 0 aliphatic heterocycles. The maximum atomic E-state index is 11.5. The van der Waals surface area contributed by atoms with E-state index in [0.717, 1.165) is 19.3 Å². The van der Waals surface area contributed by atoms with Crippen molar-refractivity contribution in [2.75, 3.05) is 13.1 Å². The summed E-state index contributed by atoms with van der Waals surface area (Å²) in [6.07, 6.45) is 4.05. The lowest BCUT2D eigenvalue weighted by atomic mass is 9.94. The highest BCUT2D eigenvalue weighted by molar-refractivity contribution is 5.75. The van der Waals surface area contributed by atoms with Gasteiger partial charge in [0.1, 0.15) is 0 Å². The van der Waals surface area contributed by atoms with E-state index in [-0.39, 0.29) is 5.91 Å². The van der Waals surface area contributed by atoms with Gasteiger partial charge in [-0.3, -0.25) is 4.79 Å². The van der Waals surface area contributed by atoms with Gasteiger partial charge in [0.2, 0.25) is 5.91 Å². The highest BCUT2D eigenvalue weighted by Gasteiger charge is 2.22. The second-order valence-electron chi connectivity index (χ2n) is 5.47. The van der Waals surface area contributed by atoms with Crippen molar-refractivity contribution in [1.82, 2.24) is 5.32 Å². The van der Waals surface area contributed by atoms with Crippen molar-refractivity contribution in [1.29, 1.82) is 0 Å². The molecule has 4 N–H and O–H groups in total. The molecule has 0 aliphatic rings. The van der Waals surface area contributed by atoms with Crippen LogP contribution in [0.1, 0.15) is 52.9 Å². The molecule has 0 bridgehead atoms. The van der Waals surface area contributed by atoms with Gasteiger partial charge in [-0.1, -0.05) is 20.3 Å². The molecule has 0 aromatic heterocycles. The third-order valence-electron chi connectivity index (χ3n) is 2.62. The molecule has 102 valence electrons. The molecular weight excluding hydrogens is 216 g/mol. The van der Waals surface area contributed by atoms with E-state index in [1.165, 1.54) is 0 Å². The van der Waals surface area contributed by atoms with Crippen LogP contribution in [0, 0.1) is 5.92 Å². The summed E-state index contributed by atoms with van der Waals surface area (Å²) >= 11 is 0. The van der Waals surface area contributed by atoms with Crippen molar-refractivity contribution >= 4 is 5.91 Å². The van der Waals surface area contributed by atoms with Gasteiger partial charge >= 0.3 is 0 Å². The van der Waals surface area contributed by atoms with E-state index in [4.69, 9.17) is 5.73 Å². The van der Waals surface area contributed by atoms with Crippen LogP contribution in [0.2, 0.25) is 0 Å². The summed E-state index contributed by atoms with van der Waals surface area (Å²) in [6.45, 7) is 6.90. The second-order valence-corrected chi connectivity index (χ2v) is 5.47. The highest BCUT2D eigenvalue weighted by atomic mass is 16.3.